The molecule has 1 amide bonds. The normalized spacial score (nSPS) is 19.3. The Bertz CT molecular complexity index is 690. The maximum Gasteiger partial charge on any atom is 0.327 e. The van der Waals surface area contributed by atoms with Crippen molar-refractivity contribution in [1.82, 2.24) is 4.90 Å². The second-order valence-corrected chi connectivity index (χ2v) is 7.32. The summed E-state index contributed by atoms with van der Waals surface area (Å²) in [6.07, 6.45) is 2.29. The summed E-state index contributed by atoms with van der Waals surface area (Å²) in [6.45, 7) is 3.69. The summed E-state index contributed by atoms with van der Waals surface area (Å²) < 4.78 is 0.265. The molecule has 1 aromatic rings. The van der Waals surface area contributed by atoms with E-state index in [9.17, 15) is 14.7 Å². The van der Waals surface area contributed by atoms with Crippen LogP contribution in [0.4, 0.5) is 0 Å². The predicted molar refractivity (Wildman–Crippen MR) is 97.3 cm³/mol. The molecule has 1 saturated heterocycles. The van der Waals surface area contributed by atoms with E-state index in [4.69, 9.17) is 23.8 Å². The molecule has 2 atom stereocenters. The molecule has 0 spiro atoms. The zero-order valence-electron chi connectivity index (χ0n) is 12.7. The van der Waals surface area contributed by atoms with Gasteiger partial charge in [-0.3, -0.25) is 9.69 Å². The number of thioether (sulfide) groups is 1. The van der Waals surface area contributed by atoms with Gasteiger partial charge in [0.25, 0.3) is 5.91 Å². The fourth-order valence-corrected chi connectivity index (χ4v) is 3.80. The third kappa shape index (κ3) is 3.76. The van der Waals surface area contributed by atoms with Gasteiger partial charge in [0.05, 0.1) is 4.91 Å². The highest BCUT2D eigenvalue weighted by Crippen LogP contribution is 2.36. The van der Waals surface area contributed by atoms with Gasteiger partial charge < -0.3 is 5.11 Å². The highest BCUT2D eigenvalue weighted by molar-refractivity contribution is 8.26. The van der Waals surface area contributed by atoms with E-state index < -0.39 is 12.0 Å². The van der Waals surface area contributed by atoms with Crippen molar-refractivity contribution in [3.8, 4) is 0 Å². The Morgan fingerprint density at radius 3 is 2.70 bits per heavy atom. The van der Waals surface area contributed by atoms with Crippen molar-refractivity contribution in [2.75, 3.05) is 0 Å². The van der Waals surface area contributed by atoms with Crippen LogP contribution in [0.15, 0.2) is 29.2 Å². The first-order valence-electron chi connectivity index (χ1n) is 7.11. The zero-order chi connectivity index (χ0) is 17.1. The summed E-state index contributed by atoms with van der Waals surface area (Å²) >= 11 is 12.4. The van der Waals surface area contributed by atoms with E-state index in [1.165, 1.54) is 4.90 Å². The van der Waals surface area contributed by atoms with Crippen LogP contribution in [-0.2, 0) is 9.59 Å². The summed E-state index contributed by atoms with van der Waals surface area (Å²) in [4.78, 5) is 25.8. The Morgan fingerprint density at radius 2 is 2.13 bits per heavy atom. The van der Waals surface area contributed by atoms with Crippen molar-refractivity contribution >= 4 is 57.9 Å². The minimum absolute atomic E-state index is 0.199. The van der Waals surface area contributed by atoms with Crippen molar-refractivity contribution in [3.05, 3.63) is 39.8 Å². The molecule has 0 aliphatic carbocycles. The number of carbonyl (C=O) groups is 2. The second kappa shape index (κ2) is 7.47. The Balaban J connectivity index is 2.36. The lowest BCUT2D eigenvalue weighted by atomic mass is 9.98. The molecule has 0 saturated carbocycles. The molecule has 1 heterocycles. The third-order valence-corrected chi connectivity index (χ3v) is 5.40. The highest BCUT2D eigenvalue weighted by atomic mass is 35.5. The molecule has 1 fully saturated rings. The number of amides is 1. The minimum Gasteiger partial charge on any atom is -0.480 e. The monoisotopic (exact) mass is 369 g/mol. The first-order chi connectivity index (χ1) is 10.9. The molecule has 1 aliphatic heterocycles. The van der Waals surface area contributed by atoms with Crippen LogP contribution in [0.2, 0.25) is 5.02 Å². The van der Waals surface area contributed by atoms with Gasteiger partial charge in [0.2, 0.25) is 0 Å². The van der Waals surface area contributed by atoms with Gasteiger partial charge in [0.15, 0.2) is 0 Å². The number of nitrogens with zero attached hydrogens (tertiary/aromatic N) is 1. The van der Waals surface area contributed by atoms with Gasteiger partial charge in [-0.25, -0.2) is 4.79 Å². The van der Waals surface area contributed by atoms with Gasteiger partial charge in [0, 0.05) is 5.02 Å². The molecule has 1 aromatic carbocycles. The number of rotatable bonds is 5. The third-order valence-electron chi connectivity index (χ3n) is 3.73. The number of benzene rings is 1. The predicted octanol–water partition coefficient (Wildman–Crippen LogP) is 4.04. The van der Waals surface area contributed by atoms with Crippen molar-refractivity contribution in [1.29, 1.82) is 0 Å². The molecule has 122 valence electrons. The van der Waals surface area contributed by atoms with E-state index >= 15 is 0 Å². The Morgan fingerprint density at radius 1 is 1.48 bits per heavy atom. The number of carboxylic acids is 1. The smallest absolute Gasteiger partial charge is 0.327 e. The molecule has 0 aromatic heterocycles. The standard InChI is InChI=1S/C16H16ClNO3S2/c1-3-9(2)13(15(20)21)18-14(19)12(23-16(18)22)8-10-6-4-5-7-11(10)17/h4-9,13H,3H2,1-2H3,(H,20,21)/b12-8-/t9-,13+/m1/s1. The molecular weight excluding hydrogens is 354 g/mol. The van der Waals surface area contributed by atoms with Gasteiger partial charge >= 0.3 is 5.97 Å². The van der Waals surface area contributed by atoms with E-state index in [-0.39, 0.29) is 16.1 Å². The number of hydrogen-bond acceptors (Lipinski definition) is 4. The fourth-order valence-electron chi connectivity index (χ4n) is 2.28. The first kappa shape index (κ1) is 18.0. The number of halogens is 1. The van der Waals surface area contributed by atoms with Gasteiger partial charge in [-0.1, -0.05) is 74.0 Å². The lowest BCUT2D eigenvalue weighted by Gasteiger charge is -2.27. The fraction of sp³-hybridized carbons (Fsp3) is 0.312. The van der Waals surface area contributed by atoms with E-state index in [2.05, 4.69) is 0 Å². The Labute approximate surface area is 149 Å². The van der Waals surface area contributed by atoms with Crippen LogP contribution in [0.25, 0.3) is 6.08 Å². The Kier molecular flexibility index (Phi) is 5.84. The summed E-state index contributed by atoms with van der Waals surface area (Å²) in [5.41, 5.74) is 0.699. The topological polar surface area (TPSA) is 57.6 Å². The summed E-state index contributed by atoms with van der Waals surface area (Å²) in [6, 6.07) is 6.18. The maximum absolute atomic E-state index is 12.6. The van der Waals surface area contributed by atoms with Crippen LogP contribution in [0.3, 0.4) is 0 Å². The molecule has 0 bridgehead atoms. The van der Waals surface area contributed by atoms with Gasteiger partial charge in [-0.05, 0) is 23.6 Å². The van der Waals surface area contributed by atoms with Crippen molar-refractivity contribution in [2.45, 2.75) is 26.3 Å². The molecule has 1 aliphatic rings. The van der Waals surface area contributed by atoms with E-state index in [1.807, 2.05) is 13.0 Å². The largest absolute Gasteiger partial charge is 0.480 e. The SMILES string of the molecule is CC[C@@H](C)[C@@H](C(=O)O)N1C(=O)/C(=C/c2ccccc2Cl)SC1=S. The lowest BCUT2D eigenvalue weighted by molar-refractivity contribution is -0.147. The Hall–Kier alpha value is -1.37. The van der Waals surface area contributed by atoms with Gasteiger partial charge in [-0.2, -0.15) is 0 Å². The van der Waals surface area contributed by atoms with Crippen LogP contribution in [0.5, 0.6) is 0 Å². The zero-order valence-corrected chi connectivity index (χ0v) is 15.0. The molecule has 7 heteroatoms. The quantitative estimate of drug-likeness (QED) is 0.627. The van der Waals surface area contributed by atoms with E-state index in [1.54, 1.807) is 31.2 Å². The summed E-state index contributed by atoms with van der Waals surface area (Å²) in [7, 11) is 0. The molecule has 2 rings (SSSR count). The maximum atomic E-state index is 12.6. The number of carbonyl (C=O) groups excluding carboxylic acids is 1. The molecule has 0 radical (unpaired) electrons. The average molecular weight is 370 g/mol. The number of hydrogen-bond donors (Lipinski definition) is 1. The van der Waals surface area contributed by atoms with Crippen LogP contribution in [0, 0.1) is 5.92 Å². The number of aliphatic carboxylic acids is 1. The second-order valence-electron chi connectivity index (χ2n) is 5.24. The van der Waals surface area contributed by atoms with Crippen LogP contribution in [-0.4, -0.2) is 32.2 Å². The van der Waals surface area contributed by atoms with Crippen molar-refractivity contribution in [2.24, 2.45) is 5.92 Å². The van der Waals surface area contributed by atoms with Crippen molar-refractivity contribution in [3.63, 3.8) is 0 Å². The van der Waals surface area contributed by atoms with E-state index in [0.29, 0.717) is 21.9 Å². The molecule has 0 unspecified atom stereocenters. The van der Waals surface area contributed by atoms with Crippen LogP contribution >= 0.6 is 35.6 Å². The highest BCUT2D eigenvalue weighted by Gasteiger charge is 2.42. The summed E-state index contributed by atoms with van der Waals surface area (Å²) in [5.74, 6) is -1.63. The number of carboxylic acid groups (broad SMARTS) is 1. The number of thiocarbonyl (C=S) groups is 1. The minimum atomic E-state index is -1.05. The van der Waals surface area contributed by atoms with E-state index in [0.717, 1.165) is 11.8 Å². The van der Waals surface area contributed by atoms with Crippen molar-refractivity contribution < 1.29 is 14.7 Å². The molecule has 4 nitrogen and oxygen atoms in total. The van der Waals surface area contributed by atoms with Gasteiger partial charge in [0.1, 0.15) is 10.4 Å². The van der Waals surface area contributed by atoms with Gasteiger partial charge in [-0.15, -0.1) is 0 Å². The van der Waals surface area contributed by atoms with Crippen LogP contribution in [0.1, 0.15) is 25.8 Å². The lowest BCUT2D eigenvalue weighted by Crippen LogP contribution is -2.47. The molecular formula is C16H16ClNO3S2. The average Bonchev–Trinajstić information content (AvgIpc) is 2.77. The first-order valence-corrected chi connectivity index (χ1v) is 8.71. The molecule has 1 N–H and O–H groups in total. The van der Waals surface area contributed by atoms with Crippen LogP contribution < -0.4 is 0 Å². The summed E-state index contributed by atoms with van der Waals surface area (Å²) in [5, 5.41) is 10.0. The molecule has 23 heavy (non-hydrogen) atoms.